The first-order chi connectivity index (χ1) is 13.0. The maximum atomic E-state index is 11.2. The van der Waals surface area contributed by atoms with Crippen LogP contribution in [-0.4, -0.2) is 51.8 Å². The molecule has 2 heterocycles. The Kier molecular flexibility index (Phi) is 4.68. The Balaban J connectivity index is 1.63. The number of carboxylic acid groups (broad SMARTS) is 1. The standard InChI is InChI=1S/C21H23N3O3/c1-14(24-9-11-27-12-10-24)15-3-5-16(6-4-15)20-22-18-13-17(21(25)26)7-8-19(18)23(20)2/h3-8,13-14H,9-12H2,1-2H3,(H,25,26)/t14-/m1/s1. The van der Waals surface area contributed by atoms with Crippen LogP contribution in [0.4, 0.5) is 0 Å². The van der Waals surface area contributed by atoms with Crippen LogP contribution in [-0.2, 0) is 11.8 Å². The molecule has 1 saturated heterocycles. The van der Waals surface area contributed by atoms with Gasteiger partial charge in [0.2, 0.25) is 0 Å². The maximum Gasteiger partial charge on any atom is 0.335 e. The van der Waals surface area contributed by atoms with Gasteiger partial charge in [-0.15, -0.1) is 0 Å². The Morgan fingerprint density at radius 2 is 1.85 bits per heavy atom. The number of hydrogen-bond donors (Lipinski definition) is 1. The quantitative estimate of drug-likeness (QED) is 0.768. The third kappa shape index (κ3) is 3.34. The van der Waals surface area contributed by atoms with Gasteiger partial charge in [0.15, 0.2) is 0 Å². The molecule has 1 fully saturated rings. The van der Waals surface area contributed by atoms with Gasteiger partial charge < -0.3 is 14.4 Å². The average Bonchev–Trinajstić information content (AvgIpc) is 3.04. The lowest BCUT2D eigenvalue weighted by Crippen LogP contribution is -2.37. The van der Waals surface area contributed by atoms with Crippen LogP contribution in [0.3, 0.4) is 0 Å². The van der Waals surface area contributed by atoms with Crippen molar-refractivity contribution in [2.75, 3.05) is 26.3 Å². The molecular weight excluding hydrogens is 342 g/mol. The molecule has 0 spiro atoms. The number of morpholine rings is 1. The summed E-state index contributed by atoms with van der Waals surface area (Å²) in [6.45, 7) is 5.73. The Hall–Kier alpha value is -2.70. The van der Waals surface area contributed by atoms with Crippen molar-refractivity contribution in [3.05, 3.63) is 53.6 Å². The minimum Gasteiger partial charge on any atom is -0.478 e. The second-order valence-electron chi connectivity index (χ2n) is 6.95. The summed E-state index contributed by atoms with van der Waals surface area (Å²) in [5.74, 6) is -0.108. The number of carbonyl (C=O) groups is 1. The first-order valence-electron chi connectivity index (χ1n) is 9.16. The summed E-state index contributed by atoms with van der Waals surface area (Å²) in [4.78, 5) is 18.3. The molecule has 140 valence electrons. The molecule has 4 rings (SSSR count). The fourth-order valence-corrected chi connectivity index (χ4v) is 3.68. The zero-order chi connectivity index (χ0) is 19.0. The molecule has 6 heteroatoms. The van der Waals surface area contributed by atoms with Crippen LogP contribution in [0.15, 0.2) is 42.5 Å². The Bertz CT molecular complexity index is 972. The molecule has 0 amide bonds. The minimum atomic E-state index is -0.939. The molecule has 0 radical (unpaired) electrons. The van der Waals surface area contributed by atoms with Crippen molar-refractivity contribution in [1.82, 2.24) is 14.5 Å². The van der Waals surface area contributed by atoms with Crippen molar-refractivity contribution in [1.29, 1.82) is 0 Å². The summed E-state index contributed by atoms with van der Waals surface area (Å²) in [5, 5.41) is 9.18. The van der Waals surface area contributed by atoms with Gasteiger partial charge >= 0.3 is 5.97 Å². The number of imidazole rings is 1. The molecule has 2 aromatic carbocycles. The first-order valence-corrected chi connectivity index (χ1v) is 9.16. The van der Waals surface area contributed by atoms with E-state index in [0.717, 1.165) is 43.2 Å². The van der Waals surface area contributed by atoms with Crippen molar-refractivity contribution < 1.29 is 14.6 Å². The van der Waals surface area contributed by atoms with Gasteiger partial charge in [0.05, 0.1) is 29.8 Å². The van der Waals surface area contributed by atoms with Gasteiger partial charge in [-0.3, -0.25) is 4.90 Å². The van der Waals surface area contributed by atoms with E-state index in [9.17, 15) is 9.90 Å². The Labute approximate surface area is 158 Å². The lowest BCUT2D eigenvalue weighted by molar-refractivity contribution is 0.0198. The molecule has 3 aromatic rings. The topological polar surface area (TPSA) is 67.6 Å². The molecule has 1 atom stereocenters. The van der Waals surface area contributed by atoms with E-state index in [0.29, 0.717) is 11.6 Å². The molecule has 1 aliphatic heterocycles. The molecule has 6 nitrogen and oxygen atoms in total. The zero-order valence-corrected chi connectivity index (χ0v) is 15.6. The number of ether oxygens (including phenoxy) is 1. The van der Waals surface area contributed by atoms with E-state index >= 15 is 0 Å². The van der Waals surface area contributed by atoms with Crippen molar-refractivity contribution in [2.45, 2.75) is 13.0 Å². The fraction of sp³-hybridized carbons (Fsp3) is 0.333. The third-order valence-electron chi connectivity index (χ3n) is 5.37. The van der Waals surface area contributed by atoms with Crippen LogP contribution in [0.1, 0.15) is 28.9 Å². The number of benzene rings is 2. The number of aromatic carboxylic acids is 1. The van der Waals surface area contributed by atoms with E-state index in [1.165, 1.54) is 5.56 Å². The minimum absolute atomic E-state index is 0.252. The lowest BCUT2D eigenvalue weighted by Gasteiger charge is -2.32. The second-order valence-corrected chi connectivity index (χ2v) is 6.95. The first kappa shape index (κ1) is 17.7. The highest BCUT2D eigenvalue weighted by Gasteiger charge is 2.19. The predicted molar refractivity (Wildman–Crippen MR) is 104 cm³/mol. The van der Waals surface area contributed by atoms with Crippen molar-refractivity contribution >= 4 is 17.0 Å². The maximum absolute atomic E-state index is 11.2. The summed E-state index contributed by atoms with van der Waals surface area (Å²) in [7, 11) is 1.95. The fourth-order valence-electron chi connectivity index (χ4n) is 3.68. The van der Waals surface area contributed by atoms with Gasteiger partial charge in [0, 0.05) is 31.7 Å². The molecule has 1 aliphatic rings. The average molecular weight is 365 g/mol. The number of hydrogen-bond acceptors (Lipinski definition) is 4. The SMILES string of the molecule is C[C@H](c1ccc(-c2nc3cc(C(=O)O)ccc3n2C)cc1)N1CCOCC1. The van der Waals surface area contributed by atoms with Crippen LogP contribution in [0.5, 0.6) is 0 Å². The van der Waals surface area contributed by atoms with Gasteiger partial charge in [0.25, 0.3) is 0 Å². The van der Waals surface area contributed by atoms with Crippen molar-refractivity contribution in [2.24, 2.45) is 7.05 Å². The number of rotatable bonds is 4. The second kappa shape index (κ2) is 7.13. The van der Waals surface area contributed by atoms with E-state index in [1.54, 1.807) is 12.1 Å². The Morgan fingerprint density at radius 1 is 1.15 bits per heavy atom. The van der Waals surface area contributed by atoms with E-state index in [-0.39, 0.29) is 5.56 Å². The molecule has 0 aliphatic carbocycles. The highest BCUT2D eigenvalue weighted by Crippen LogP contribution is 2.27. The molecule has 0 bridgehead atoms. The van der Waals surface area contributed by atoms with Gasteiger partial charge in [-0.2, -0.15) is 0 Å². The molecule has 1 N–H and O–H groups in total. The number of nitrogens with zero attached hydrogens (tertiary/aromatic N) is 3. The highest BCUT2D eigenvalue weighted by atomic mass is 16.5. The summed E-state index contributed by atoms with van der Waals surface area (Å²) in [6, 6.07) is 13.9. The number of aryl methyl sites for hydroxylation is 1. The third-order valence-corrected chi connectivity index (χ3v) is 5.37. The van der Waals surface area contributed by atoms with Gasteiger partial charge in [-0.1, -0.05) is 24.3 Å². The lowest BCUT2D eigenvalue weighted by atomic mass is 10.0. The van der Waals surface area contributed by atoms with Crippen LogP contribution in [0.25, 0.3) is 22.4 Å². The molecule has 0 saturated carbocycles. The van der Waals surface area contributed by atoms with Crippen LogP contribution >= 0.6 is 0 Å². The largest absolute Gasteiger partial charge is 0.478 e. The molecule has 0 unspecified atom stereocenters. The van der Waals surface area contributed by atoms with Crippen LogP contribution in [0, 0.1) is 0 Å². The summed E-state index contributed by atoms with van der Waals surface area (Å²) in [6.07, 6.45) is 0. The van der Waals surface area contributed by atoms with Gasteiger partial charge in [-0.05, 0) is 30.7 Å². The summed E-state index contributed by atoms with van der Waals surface area (Å²) >= 11 is 0. The number of aromatic nitrogens is 2. The van der Waals surface area contributed by atoms with E-state index in [4.69, 9.17) is 4.74 Å². The van der Waals surface area contributed by atoms with Crippen molar-refractivity contribution in [3.8, 4) is 11.4 Å². The van der Waals surface area contributed by atoms with Crippen LogP contribution in [0.2, 0.25) is 0 Å². The molecule has 27 heavy (non-hydrogen) atoms. The van der Waals surface area contributed by atoms with Gasteiger partial charge in [0.1, 0.15) is 5.82 Å². The smallest absolute Gasteiger partial charge is 0.335 e. The normalized spacial score (nSPS) is 16.5. The van der Waals surface area contributed by atoms with Gasteiger partial charge in [-0.25, -0.2) is 9.78 Å². The number of carboxylic acids is 1. The zero-order valence-electron chi connectivity index (χ0n) is 15.6. The monoisotopic (exact) mass is 365 g/mol. The van der Waals surface area contributed by atoms with E-state index in [2.05, 4.69) is 41.1 Å². The Morgan fingerprint density at radius 3 is 2.52 bits per heavy atom. The van der Waals surface area contributed by atoms with Crippen LogP contribution < -0.4 is 0 Å². The highest BCUT2D eigenvalue weighted by molar-refractivity contribution is 5.93. The molecular formula is C21H23N3O3. The predicted octanol–water partition coefficient (Wildman–Crippen LogP) is 3.33. The van der Waals surface area contributed by atoms with E-state index < -0.39 is 5.97 Å². The molecule has 1 aromatic heterocycles. The van der Waals surface area contributed by atoms with E-state index in [1.807, 2.05) is 17.7 Å². The number of fused-ring (bicyclic) bond motifs is 1. The summed E-state index contributed by atoms with van der Waals surface area (Å²) in [5.41, 5.74) is 4.15. The summed E-state index contributed by atoms with van der Waals surface area (Å²) < 4.78 is 7.44. The van der Waals surface area contributed by atoms with Crippen molar-refractivity contribution in [3.63, 3.8) is 0 Å².